The number of fused-ring (bicyclic) bond motifs is 1. The molecule has 1 heterocycles. The normalized spacial score (nSPS) is 10.6. The molecular weight excluding hydrogens is 252 g/mol. The minimum atomic E-state index is -1.33. The van der Waals surface area contributed by atoms with Crippen molar-refractivity contribution in [1.29, 1.82) is 0 Å². The van der Waals surface area contributed by atoms with Crippen molar-refractivity contribution >= 4 is 18.3 Å². The van der Waals surface area contributed by atoms with Gasteiger partial charge in [0.1, 0.15) is 0 Å². The third-order valence-corrected chi connectivity index (χ3v) is 1.81. The van der Waals surface area contributed by atoms with Gasteiger partial charge in [0.25, 0.3) is 0 Å². The van der Waals surface area contributed by atoms with E-state index in [9.17, 15) is 4.79 Å². The summed E-state index contributed by atoms with van der Waals surface area (Å²) >= 11 is 0. The van der Waals surface area contributed by atoms with E-state index in [0.717, 1.165) is 12.2 Å². The molecule has 1 aromatic rings. The van der Waals surface area contributed by atoms with Gasteiger partial charge in [-0.25, -0.2) is 4.79 Å². The predicted octanol–water partition coefficient (Wildman–Crippen LogP) is 1.71. The van der Waals surface area contributed by atoms with Gasteiger partial charge in [0.05, 0.1) is 0 Å². The molecule has 1 aromatic carbocycles. The van der Waals surface area contributed by atoms with Crippen LogP contribution in [0.25, 0.3) is 0 Å². The van der Waals surface area contributed by atoms with Crippen LogP contribution in [0.15, 0.2) is 29.4 Å². The molecular formula is C12H16N2O5. The van der Waals surface area contributed by atoms with E-state index in [2.05, 4.69) is 10.9 Å². The van der Waals surface area contributed by atoms with Crippen LogP contribution < -0.4 is 10.6 Å². The highest BCUT2D eigenvalue weighted by Crippen LogP contribution is 2.20. The first-order chi connectivity index (χ1) is 8.97. The van der Waals surface area contributed by atoms with Crippen molar-refractivity contribution in [2.45, 2.75) is 19.8 Å². The number of carboxylic acid groups (broad SMARTS) is 2. The molecule has 4 N–H and O–H groups in total. The third kappa shape index (κ3) is 9.16. The van der Waals surface area contributed by atoms with Crippen LogP contribution >= 0.6 is 0 Å². The summed E-state index contributed by atoms with van der Waals surface area (Å²) < 4.78 is 0. The summed E-state index contributed by atoms with van der Waals surface area (Å²) in [6, 6.07) is 7.91. The van der Waals surface area contributed by atoms with Crippen LogP contribution in [0.1, 0.15) is 18.9 Å². The van der Waals surface area contributed by atoms with Crippen LogP contribution in [0.5, 0.6) is 5.75 Å². The predicted molar refractivity (Wildman–Crippen MR) is 69.4 cm³/mol. The van der Waals surface area contributed by atoms with E-state index >= 15 is 0 Å². The van der Waals surface area contributed by atoms with Crippen LogP contribution in [0.2, 0.25) is 0 Å². The number of oxime groups is 1. The lowest BCUT2D eigenvalue weighted by Gasteiger charge is -2.07. The van der Waals surface area contributed by atoms with Crippen molar-refractivity contribution in [3.05, 3.63) is 29.8 Å². The number of primary amides is 1. The summed E-state index contributed by atoms with van der Waals surface area (Å²) in [6.07, 6.45) is 1.54. The molecule has 0 fully saturated rings. The second kappa shape index (κ2) is 9.46. The minimum absolute atomic E-state index is 0.222. The number of carbonyl (C=O) groups is 2. The molecule has 0 unspecified atom stereocenters. The number of nitrogens with two attached hydrogens (primary N) is 1. The topological polar surface area (TPSA) is 122 Å². The van der Waals surface area contributed by atoms with Crippen molar-refractivity contribution in [2.24, 2.45) is 10.9 Å². The van der Waals surface area contributed by atoms with Crippen molar-refractivity contribution in [3.63, 3.8) is 0 Å². The quantitative estimate of drug-likeness (QED) is 0.715. The van der Waals surface area contributed by atoms with Gasteiger partial charge in [0.2, 0.25) is 0 Å². The summed E-state index contributed by atoms with van der Waals surface area (Å²) in [5.41, 5.74) is 5.23. The first-order valence-corrected chi connectivity index (χ1v) is 5.44. The minimum Gasteiger partial charge on any atom is -0.481 e. The Morgan fingerprint density at radius 1 is 1.37 bits per heavy atom. The maximum absolute atomic E-state index is 9.37. The van der Waals surface area contributed by atoms with E-state index in [1.807, 2.05) is 24.3 Å². The second-order valence-corrected chi connectivity index (χ2v) is 3.28. The number of para-hydroxylation sites is 1. The lowest BCUT2D eigenvalue weighted by Crippen LogP contribution is -2.03. The highest BCUT2D eigenvalue weighted by Gasteiger charge is 2.04. The van der Waals surface area contributed by atoms with Crippen LogP contribution in [0.4, 0.5) is 4.79 Å². The highest BCUT2D eigenvalue weighted by atomic mass is 16.6. The zero-order chi connectivity index (χ0) is 14.7. The van der Waals surface area contributed by atoms with Crippen LogP contribution in [-0.4, -0.2) is 28.5 Å². The van der Waals surface area contributed by atoms with Gasteiger partial charge in [-0.1, -0.05) is 30.3 Å². The van der Waals surface area contributed by atoms with E-state index in [4.69, 9.17) is 19.8 Å². The molecule has 0 spiro atoms. The molecule has 1 aliphatic rings. The van der Waals surface area contributed by atoms with E-state index in [0.29, 0.717) is 0 Å². The fraction of sp³-hybridized carbons (Fsp3) is 0.250. The molecule has 0 saturated heterocycles. The van der Waals surface area contributed by atoms with Gasteiger partial charge in [0.15, 0.2) is 5.75 Å². The maximum Gasteiger partial charge on any atom is 0.402 e. The third-order valence-electron chi connectivity index (χ3n) is 1.81. The van der Waals surface area contributed by atoms with Gasteiger partial charge < -0.3 is 20.8 Å². The summed E-state index contributed by atoms with van der Waals surface area (Å²) in [5, 5.41) is 18.6. The Hall–Kier alpha value is -2.57. The average Bonchev–Trinajstić information content (AvgIpc) is 2.39. The van der Waals surface area contributed by atoms with Gasteiger partial charge in [-0.15, -0.1) is 0 Å². The molecule has 0 saturated carbocycles. The van der Waals surface area contributed by atoms with Crippen LogP contribution in [-0.2, 0) is 11.2 Å². The lowest BCUT2D eigenvalue weighted by atomic mass is 10.1. The Balaban J connectivity index is 0.000000307. The summed E-state index contributed by atoms with van der Waals surface area (Å²) in [7, 11) is 0. The Morgan fingerprint density at radius 3 is 2.37 bits per heavy atom. The number of carboxylic acids is 1. The Morgan fingerprint density at radius 2 is 1.89 bits per heavy atom. The Kier molecular flexibility index (Phi) is 8.18. The monoisotopic (exact) mass is 268 g/mol. The van der Waals surface area contributed by atoms with Gasteiger partial charge in [-0.05, 0) is 6.07 Å². The number of nitrogens with zero attached hydrogens (tertiary/aromatic N) is 1. The van der Waals surface area contributed by atoms with Crippen molar-refractivity contribution in [2.75, 3.05) is 0 Å². The first-order valence-electron chi connectivity index (χ1n) is 5.44. The van der Waals surface area contributed by atoms with Crippen molar-refractivity contribution in [3.8, 4) is 5.75 Å². The average molecular weight is 268 g/mol. The molecule has 2 rings (SSSR count). The molecule has 0 aliphatic carbocycles. The number of aliphatic carboxylic acids is 1. The number of rotatable bonds is 1. The molecule has 0 radical (unpaired) electrons. The zero-order valence-corrected chi connectivity index (χ0v) is 10.4. The largest absolute Gasteiger partial charge is 0.481 e. The van der Waals surface area contributed by atoms with Crippen LogP contribution in [0, 0.1) is 0 Å². The fourth-order valence-electron chi connectivity index (χ4n) is 0.991. The maximum atomic E-state index is 9.37. The number of hydrogen-bond acceptors (Lipinski definition) is 4. The van der Waals surface area contributed by atoms with Crippen molar-refractivity contribution in [1.82, 2.24) is 0 Å². The molecule has 1 aliphatic heterocycles. The summed E-state index contributed by atoms with van der Waals surface area (Å²) in [5.74, 6) is 0.134. The molecule has 0 bridgehead atoms. The summed E-state index contributed by atoms with van der Waals surface area (Å²) in [6.45, 7) is 1.60. The van der Waals surface area contributed by atoms with Crippen LogP contribution in [0.3, 0.4) is 0 Å². The zero-order valence-electron chi connectivity index (χ0n) is 10.4. The molecule has 1 amide bonds. The molecule has 7 heteroatoms. The Labute approximate surface area is 110 Å². The SMILES string of the molecule is C1=NOc2ccccc2C1.CCC(=O)O.NC(=O)O. The second-order valence-electron chi connectivity index (χ2n) is 3.28. The Bertz CT molecular complexity index is 415. The van der Waals surface area contributed by atoms with Gasteiger partial charge in [0, 0.05) is 24.6 Å². The summed E-state index contributed by atoms with van der Waals surface area (Å²) in [4.78, 5) is 23.1. The van der Waals surface area contributed by atoms with Crippen molar-refractivity contribution < 1.29 is 24.6 Å². The first kappa shape index (κ1) is 16.4. The van der Waals surface area contributed by atoms with Gasteiger partial charge in [-0.2, -0.15) is 0 Å². The number of amides is 1. The standard InChI is InChI=1S/C8H7NO.C3H6O2.CH3NO2/c1-2-4-8-7(3-1)5-6-9-10-8;1-2-3(4)5;2-1(3)4/h1-4,6H,5H2;2H2,1H3,(H,4,5);2H2,(H,3,4). The van der Waals surface area contributed by atoms with Gasteiger partial charge >= 0.3 is 12.1 Å². The smallest absolute Gasteiger partial charge is 0.402 e. The molecule has 19 heavy (non-hydrogen) atoms. The highest BCUT2D eigenvalue weighted by molar-refractivity contribution is 5.66. The number of benzene rings is 1. The molecule has 0 atom stereocenters. The van der Waals surface area contributed by atoms with Gasteiger partial charge in [-0.3, -0.25) is 4.79 Å². The lowest BCUT2D eigenvalue weighted by molar-refractivity contribution is -0.136. The molecule has 0 aromatic heterocycles. The van der Waals surface area contributed by atoms with E-state index in [-0.39, 0.29) is 6.42 Å². The van der Waals surface area contributed by atoms with E-state index in [1.165, 1.54) is 5.56 Å². The van der Waals surface area contributed by atoms with E-state index in [1.54, 1.807) is 13.1 Å². The fourth-order valence-corrected chi connectivity index (χ4v) is 0.991. The number of hydrogen-bond donors (Lipinski definition) is 3. The van der Waals surface area contributed by atoms with E-state index < -0.39 is 12.1 Å². The molecule has 104 valence electrons. The molecule has 7 nitrogen and oxygen atoms in total.